The van der Waals surface area contributed by atoms with Crippen LogP contribution < -0.4 is 0 Å². The first kappa shape index (κ1) is 14.7. The minimum absolute atomic E-state index is 0. The van der Waals surface area contributed by atoms with Gasteiger partial charge in [-0.3, -0.25) is 4.79 Å². The molecule has 0 bridgehead atoms. The molecule has 3 radical (unpaired) electrons. The Kier molecular flexibility index (Phi) is 10.5. The Labute approximate surface area is 83.4 Å². The molecule has 0 aliphatic heterocycles. The molecule has 0 amide bonds. The van der Waals surface area contributed by atoms with Crippen molar-refractivity contribution in [2.75, 3.05) is 19.1 Å². The molecule has 0 heterocycles. The fourth-order valence-electron chi connectivity index (χ4n) is 0.651. The predicted octanol–water partition coefficient (Wildman–Crippen LogP) is 1.21. The number of ether oxygens (including phenoxy) is 1. The molecule has 0 unspecified atom stereocenters. The first-order valence-corrected chi connectivity index (χ1v) is 4.76. The Balaban J connectivity index is 0. The summed E-state index contributed by atoms with van der Waals surface area (Å²) >= 11 is 1.59. The number of esters is 1. The van der Waals surface area contributed by atoms with Gasteiger partial charge in [0.05, 0.1) is 7.11 Å². The van der Waals surface area contributed by atoms with Crippen LogP contribution in [0, 0.1) is 0 Å². The smallest absolute Gasteiger partial charge is 0.314 e. The molecule has 0 aliphatic carbocycles. The molecule has 0 spiro atoms. The quantitative estimate of drug-likeness (QED) is 0.220. The van der Waals surface area contributed by atoms with Crippen LogP contribution in [0.4, 0.5) is 0 Å². The molecule has 0 aromatic carbocycles. The molecule has 0 aromatic rings. The second-order valence-electron chi connectivity index (χ2n) is 2.03. The second kappa shape index (κ2) is 9.28. The van der Waals surface area contributed by atoms with Gasteiger partial charge in [-0.15, -0.1) is 0 Å². The zero-order valence-corrected chi connectivity index (χ0v) is 8.45. The molecule has 0 aliphatic rings. The van der Waals surface area contributed by atoms with Crippen LogP contribution >= 0.6 is 11.8 Å². The SMILES string of the molecule is COC(=O)[C@H](CCSC)N=[N+]=[N-].[B]. The van der Waals surface area contributed by atoms with Crippen molar-refractivity contribution in [2.24, 2.45) is 5.11 Å². The molecule has 13 heavy (non-hydrogen) atoms. The summed E-state index contributed by atoms with van der Waals surface area (Å²) in [5.74, 6) is 0.306. The summed E-state index contributed by atoms with van der Waals surface area (Å²) < 4.78 is 4.45. The van der Waals surface area contributed by atoms with Gasteiger partial charge in [-0.2, -0.15) is 11.8 Å². The molecular weight excluding hydrogens is 189 g/mol. The molecule has 0 fully saturated rings. The van der Waals surface area contributed by atoms with Gasteiger partial charge in [0, 0.05) is 13.3 Å². The second-order valence-corrected chi connectivity index (χ2v) is 3.01. The van der Waals surface area contributed by atoms with E-state index in [1.54, 1.807) is 11.8 Å². The number of carbonyl (C=O) groups excluding carboxylic acids is 1. The minimum Gasteiger partial charge on any atom is -0.469 e. The number of nitrogens with zero attached hydrogens (tertiary/aromatic N) is 3. The van der Waals surface area contributed by atoms with E-state index in [-0.39, 0.29) is 8.41 Å². The standard InChI is InChI=1S/C6H11N3O2S.B/c1-11-6(10)5(8-9-7)3-4-12-2;/h5H,3-4H2,1-2H3;/t5-;/m0./s1. The van der Waals surface area contributed by atoms with Crippen LogP contribution in [0.2, 0.25) is 0 Å². The van der Waals surface area contributed by atoms with E-state index in [0.717, 1.165) is 5.75 Å². The molecule has 0 saturated heterocycles. The molecule has 5 nitrogen and oxygen atoms in total. The minimum atomic E-state index is -0.674. The zero-order valence-electron chi connectivity index (χ0n) is 7.64. The highest BCUT2D eigenvalue weighted by Crippen LogP contribution is 2.05. The van der Waals surface area contributed by atoms with Crippen LogP contribution in [0.1, 0.15) is 6.42 Å². The lowest BCUT2D eigenvalue weighted by atomic mass is 10.2. The van der Waals surface area contributed by atoms with Crippen molar-refractivity contribution in [3.8, 4) is 0 Å². The van der Waals surface area contributed by atoms with Crippen molar-refractivity contribution >= 4 is 26.1 Å². The van der Waals surface area contributed by atoms with Gasteiger partial charge in [-0.05, 0) is 24.0 Å². The van der Waals surface area contributed by atoms with Crippen molar-refractivity contribution in [3.63, 3.8) is 0 Å². The molecule has 0 aromatic heterocycles. The summed E-state index contributed by atoms with van der Waals surface area (Å²) in [6, 6.07) is -0.674. The fourth-order valence-corrected chi connectivity index (χ4v) is 1.11. The highest BCUT2D eigenvalue weighted by molar-refractivity contribution is 7.98. The third-order valence-electron chi connectivity index (χ3n) is 1.26. The molecule has 71 valence electrons. The van der Waals surface area contributed by atoms with Crippen LogP contribution in [-0.4, -0.2) is 39.5 Å². The maximum absolute atomic E-state index is 10.9. The van der Waals surface area contributed by atoms with E-state index in [1.165, 1.54) is 7.11 Å². The molecule has 0 N–H and O–H groups in total. The van der Waals surface area contributed by atoms with Gasteiger partial charge in [0.15, 0.2) is 0 Å². The number of hydrogen-bond acceptors (Lipinski definition) is 4. The maximum Gasteiger partial charge on any atom is 0.314 e. The number of thioether (sulfide) groups is 1. The van der Waals surface area contributed by atoms with Gasteiger partial charge in [-0.1, -0.05) is 5.11 Å². The van der Waals surface area contributed by atoms with Crippen LogP contribution in [0.15, 0.2) is 5.11 Å². The summed E-state index contributed by atoms with van der Waals surface area (Å²) in [4.78, 5) is 13.5. The highest BCUT2D eigenvalue weighted by Gasteiger charge is 2.15. The first-order valence-electron chi connectivity index (χ1n) is 3.37. The topological polar surface area (TPSA) is 75.1 Å². The van der Waals surface area contributed by atoms with Crippen LogP contribution in [0.3, 0.4) is 0 Å². The van der Waals surface area contributed by atoms with E-state index in [1.807, 2.05) is 6.26 Å². The van der Waals surface area contributed by atoms with Gasteiger partial charge in [0.1, 0.15) is 6.04 Å². The molecule has 7 heteroatoms. The van der Waals surface area contributed by atoms with Gasteiger partial charge in [0.2, 0.25) is 0 Å². The monoisotopic (exact) mass is 200 g/mol. The van der Waals surface area contributed by atoms with Crippen molar-refractivity contribution in [2.45, 2.75) is 12.5 Å². The lowest BCUT2D eigenvalue weighted by molar-refractivity contribution is -0.142. The number of azide groups is 1. The molecule has 1 atom stereocenters. The Morgan fingerprint density at radius 2 is 2.38 bits per heavy atom. The Morgan fingerprint density at radius 3 is 2.77 bits per heavy atom. The number of hydrogen-bond donors (Lipinski definition) is 0. The first-order chi connectivity index (χ1) is 5.76. The van der Waals surface area contributed by atoms with Crippen LogP contribution in [0.25, 0.3) is 10.4 Å². The lowest BCUT2D eigenvalue weighted by Crippen LogP contribution is -2.20. The zero-order chi connectivity index (χ0) is 9.40. The largest absolute Gasteiger partial charge is 0.469 e. The molecule has 0 rings (SSSR count). The van der Waals surface area contributed by atoms with E-state index in [9.17, 15) is 4.79 Å². The van der Waals surface area contributed by atoms with Gasteiger partial charge in [0.25, 0.3) is 0 Å². The van der Waals surface area contributed by atoms with E-state index < -0.39 is 12.0 Å². The van der Waals surface area contributed by atoms with Crippen LogP contribution in [-0.2, 0) is 9.53 Å². The third kappa shape index (κ3) is 6.36. The van der Waals surface area contributed by atoms with Crippen LogP contribution in [0.5, 0.6) is 0 Å². The van der Waals surface area contributed by atoms with Crippen molar-refractivity contribution < 1.29 is 9.53 Å². The molecular formula is C6H11BN3O2S. The van der Waals surface area contributed by atoms with E-state index >= 15 is 0 Å². The van der Waals surface area contributed by atoms with Gasteiger partial charge in [-0.25, -0.2) is 0 Å². The number of carbonyl (C=O) groups is 1. The summed E-state index contributed by atoms with van der Waals surface area (Å²) in [5.41, 5.74) is 8.12. The Bertz CT molecular complexity index is 196. The summed E-state index contributed by atoms with van der Waals surface area (Å²) in [5, 5.41) is 3.33. The third-order valence-corrected chi connectivity index (χ3v) is 1.90. The number of rotatable bonds is 5. The summed E-state index contributed by atoms with van der Waals surface area (Å²) in [6.07, 6.45) is 2.45. The van der Waals surface area contributed by atoms with E-state index in [0.29, 0.717) is 6.42 Å². The average molecular weight is 200 g/mol. The lowest BCUT2D eigenvalue weighted by Gasteiger charge is -2.06. The summed E-state index contributed by atoms with van der Waals surface area (Å²) in [7, 11) is 1.28. The normalized spacial score (nSPS) is 10.6. The van der Waals surface area contributed by atoms with E-state index in [4.69, 9.17) is 5.53 Å². The van der Waals surface area contributed by atoms with Gasteiger partial charge < -0.3 is 4.74 Å². The summed E-state index contributed by atoms with van der Waals surface area (Å²) in [6.45, 7) is 0. The average Bonchev–Trinajstić information content (AvgIpc) is 2.11. The number of methoxy groups -OCH3 is 1. The Hall–Kier alpha value is -0.805. The van der Waals surface area contributed by atoms with Crippen molar-refractivity contribution in [1.29, 1.82) is 0 Å². The molecule has 0 saturated carbocycles. The van der Waals surface area contributed by atoms with Crippen molar-refractivity contribution in [3.05, 3.63) is 10.4 Å². The maximum atomic E-state index is 10.9. The van der Waals surface area contributed by atoms with Crippen molar-refractivity contribution in [1.82, 2.24) is 0 Å². The van der Waals surface area contributed by atoms with E-state index in [2.05, 4.69) is 14.8 Å². The fraction of sp³-hybridized carbons (Fsp3) is 0.833. The van der Waals surface area contributed by atoms with Gasteiger partial charge >= 0.3 is 5.97 Å². The Morgan fingerprint density at radius 1 is 1.77 bits per heavy atom. The highest BCUT2D eigenvalue weighted by atomic mass is 32.2. The predicted molar refractivity (Wildman–Crippen MR) is 53.7 cm³/mol.